The molecule has 39 heavy (non-hydrogen) atoms. The molecule has 3 fully saturated rings. The number of alkyl halides is 6. The van der Waals surface area contributed by atoms with E-state index < -0.39 is 42.3 Å². The van der Waals surface area contributed by atoms with Crippen LogP contribution in [0, 0.1) is 17.2 Å². The molecule has 0 atom stereocenters. The molecule has 0 saturated carbocycles. The van der Waals surface area contributed by atoms with Crippen molar-refractivity contribution in [3.05, 3.63) is 29.6 Å². The number of amides is 1. The number of hydrogen-bond donors (Lipinski definition) is 1. The monoisotopic (exact) mass is 569 g/mol. The van der Waals surface area contributed by atoms with Crippen LogP contribution in [0.3, 0.4) is 0 Å². The van der Waals surface area contributed by atoms with Crippen molar-refractivity contribution in [3.63, 3.8) is 0 Å². The topological polar surface area (TPSA) is 73.3 Å². The number of likely N-dealkylation sites (tertiary alicyclic amines) is 2. The Morgan fingerprint density at radius 2 is 1.56 bits per heavy atom. The highest BCUT2D eigenvalue weighted by atomic mass is 19.4. The third kappa shape index (κ3) is 6.87. The van der Waals surface area contributed by atoms with Gasteiger partial charge in [0.25, 0.3) is 6.10 Å². The molecule has 1 spiro atoms. The van der Waals surface area contributed by atoms with Gasteiger partial charge in [-0.3, -0.25) is 9.69 Å². The zero-order chi connectivity index (χ0) is 28.6. The summed E-state index contributed by atoms with van der Waals surface area (Å²) in [5.74, 6) is -1.66. The minimum Gasteiger partial charge on any atom is -0.481 e. The second-order valence-electron chi connectivity index (χ2n) is 10.7. The summed E-state index contributed by atoms with van der Waals surface area (Å²) in [5.41, 5.74) is 1.35. The fraction of sp³-hybridized carbons (Fsp3) is 0.680. The fourth-order valence-corrected chi connectivity index (χ4v) is 5.80. The van der Waals surface area contributed by atoms with E-state index in [1.165, 1.54) is 12.1 Å². The largest absolute Gasteiger partial charge is 0.481 e. The maximum absolute atomic E-state index is 14.1. The molecule has 1 N–H and O–H groups in total. The molecule has 0 aromatic heterocycles. The first-order chi connectivity index (χ1) is 18.2. The van der Waals surface area contributed by atoms with Crippen molar-refractivity contribution in [3.8, 4) is 0 Å². The minimum atomic E-state index is -5.76. The lowest BCUT2D eigenvalue weighted by atomic mass is 9.78. The SMILES string of the molecule is O=C(O)C1CCN(c2cc(F)ccc2CN2CCC3(CCN(C(=O)OC(C(F)(F)F)C(F)(F)F)CC3)C2)CC1. The van der Waals surface area contributed by atoms with Gasteiger partial charge in [0.15, 0.2) is 0 Å². The molecule has 0 unspecified atom stereocenters. The van der Waals surface area contributed by atoms with Crippen LogP contribution in [-0.4, -0.2) is 84.7 Å². The number of piperidine rings is 2. The smallest absolute Gasteiger partial charge is 0.434 e. The number of benzene rings is 1. The third-order valence-electron chi connectivity index (χ3n) is 8.04. The van der Waals surface area contributed by atoms with Gasteiger partial charge >= 0.3 is 24.4 Å². The summed E-state index contributed by atoms with van der Waals surface area (Å²) < 4.78 is 94.5. The van der Waals surface area contributed by atoms with Gasteiger partial charge in [-0.05, 0) is 61.8 Å². The Morgan fingerprint density at radius 3 is 2.13 bits per heavy atom. The molecule has 4 rings (SSSR count). The maximum Gasteiger partial charge on any atom is 0.434 e. The van der Waals surface area contributed by atoms with E-state index in [0.717, 1.165) is 16.9 Å². The van der Waals surface area contributed by atoms with Crippen LogP contribution < -0.4 is 4.90 Å². The summed E-state index contributed by atoms with van der Waals surface area (Å²) in [6.07, 6.45) is -14.9. The number of ether oxygens (including phenoxy) is 1. The summed E-state index contributed by atoms with van der Waals surface area (Å²) in [4.78, 5) is 28.4. The fourth-order valence-electron chi connectivity index (χ4n) is 5.80. The van der Waals surface area contributed by atoms with E-state index in [9.17, 15) is 45.4 Å². The van der Waals surface area contributed by atoms with E-state index in [0.29, 0.717) is 64.1 Å². The molecular formula is C25H30F7N3O4. The predicted octanol–water partition coefficient (Wildman–Crippen LogP) is 5.04. The van der Waals surface area contributed by atoms with Gasteiger partial charge < -0.3 is 19.6 Å². The Morgan fingerprint density at radius 1 is 0.974 bits per heavy atom. The van der Waals surface area contributed by atoms with Gasteiger partial charge in [0.2, 0.25) is 0 Å². The number of carboxylic acid groups (broad SMARTS) is 1. The standard InChI is InChI=1S/C25H30F7N3O4/c26-18-2-1-17(19(13-18)34-8-3-16(4-9-34)20(36)37)14-33-10-5-23(15-33)6-11-35(12-7-23)22(38)39-21(24(27,28)29)25(30,31)32/h1-2,13,16,21H,3-12,14-15H2,(H,36,37). The molecular weight excluding hydrogens is 539 g/mol. The van der Waals surface area contributed by atoms with Crippen LogP contribution in [-0.2, 0) is 16.1 Å². The van der Waals surface area contributed by atoms with Crippen LogP contribution in [0.5, 0.6) is 0 Å². The van der Waals surface area contributed by atoms with Crippen molar-refractivity contribution in [1.82, 2.24) is 9.80 Å². The Labute approximate surface area is 220 Å². The summed E-state index contributed by atoms with van der Waals surface area (Å²) in [7, 11) is 0. The maximum atomic E-state index is 14.1. The normalized spacial score (nSPS) is 21.1. The van der Waals surface area contributed by atoms with Crippen molar-refractivity contribution in [2.24, 2.45) is 11.3 Å². The van der Waals surface area contributed by atoms with Gasteiger partial charge in [-0.1, -0.05) is 6.07 Å². The molecule has 1 aromatic rings. The third-order valence-corrected chi connectivity index (χ3v) is 8.04. The first kappa shape index (κ1) is 29.2. The number of rotatable bonds is 5. The molecule has 0 radical (unpaired) electrons. The molecule has 3 heterocycles. The van der Waals surface area contributed by atoms with E-state index in [-0.39, 0.29) is 18.5 Å². The van der Waals surface area contributed by atoms with E-state index >= 15 is 0 Å². The Bertz CT molecular complexity index is 1040. The second-order valence-corrected chi connectivity index (χ2v) is 10.7. The van der Waals surface area contributed by atoms with Crippen molar-refractivity contribution in [2.75, 3.05) is 44.2 Å². The number of anilines is 1. The average Bonchev–Trinajstić information content (AvgIpc) is 3.24. The zero-order valence-corrected chi connectivity index (χ0v) is 21.0. The van der Waals surface area contributed by atoms with E-state index in [1.807, 2.05) is 4.90 Å². The van der Waals surface area contributed by atoms with Gasteiger partial charge in [0, 0.05) is 45.0 Å². The van der Waals surface area contributed by atoms with Gasteiger partial charge in [-0.15, -0.1) is 0 Å². The lowest BCUT2D eigenvalue weighted by Crippen LogP contribution is -2.50. The summed E-state index contributed by atoms with van der Waals surface area (Å²) in [6.45, 7) is 2.75. The van der Waals surface area contributed by atoms with E-state index in [2.05, 4.69) is 9.64 Å². The van der Waals surface area contributed by atoms with Crippen molar-refractivity contribution < 1.29 is 50.2 Å². The molecule has 1 aromatic carbocycles. The quantitative estimate of drug-likeness (QED) is 0.501. The van der Waals surface area contributed by atoms with Crippen LogP contribution in [0.4, 0.5) is 41.2 Å². The van der Waals surface area contributed by atoms with Gasteiger partial charge in [0.1, 0.15) is 5.82 Å². The first-order valence-electron chi connectivity index (χ1n) is 12.7. The molecule has 3 aliphatic rings. The molecule has 218 valence electrons. The number of aliphatic carboxylic acids is 1. The average molecular weight is 570 g/mol. The number of carboxylic acids is 1. The van der Waals surface area contributed by atoms with Gasteiger partial charge in [-0.2, -0.15) is 26.3 Å². The first-order valence-corrected chi connectivity index (χ1v) is 12.7. The number of carbonyl (C=O) groups is 2. The van der Waals surface area contributed by atoms with Crippen LogP contribution in [0.2, 0.25) is 0 Å². The highest BCUT2D eigenvalue weighted by Crippen LogP contribution is 2.42. The lowest BCUT2D eigenvalue weighted by Gasteiger charge is -2.39. The number of hydrogen-bond acceptors (Lipinski definition) is 5. The lowest BCUT2D eigenvalue weighted by molar-refractivity contribution is -0.308. The van der Waals surface area contributed by atoms with Crippen molar-refractivity contribution in [2.45, 2.75) is 57.1 Å². The summed E-state index contributed by atoms with van der Waals surface area (Å²) in [5, 5.41) is 9.25. The summed E-state index contributed by atoms with van der Waals surface area (Å²) in [6, 6.07) is 4.52. The molecule has 0 aliphatic carbocycles. The van der Waals surface area contributed by atoms with E-state index in [4.69, 9.17) is 0 Å². The van der Waals surface area contributed by atoms with Crippen molar-refractivity contribution >= 4 is 17.7 Å². The van der Waals surface area contributed by atoms with Crippen molar-refractivity contribution in [1.29, 1.82) is 0 Å². The Kier molecular flexibility index (Phi) is 8.25. The van der Waals surface area contributed by atoms with Crippen LogP contribution in [0.15, 0.2) is 18.2 Å². The Hall–Kier alpha value is -2.77. The molecule has 0 bridgehead atoms. The zero-order valence-electron chi connectivity index (χ0n) is 21.0. The highest BCUT2D eigenvalue weighted by Gasteiger charge is 2.60. The summed E-state index contributed by atoms with van der Waals surface area (Å²) >= 11 is 0. The van der Waals surface area contributed by atoms with E-state index in [1.54, 1.807) is 6.07 Å². The molecule has 7 nitrogen and oxygen atoms in total. The second kappa shape index (κ2) is 11.0. The molecule has 3 saturated heterocycles. The van der Waals surface area contributed by atoms with Crippen LogP contribution in [0.1, 0.15) is 37.7 Å². The number of carbonyl (C=O) groups excluding carboxylic acids is 1. The molecule has 1 amide bonds. The van der Waals surface area contributed by atoms with Gasteiger partial charge in [-0.25, -0.2) is 9.18 Å². The molecule has 14 heteroatoms. The van der Waals surface area contributed by atoms with Crippen LogP contribution >= 0.6 is 0 Å². The molecule has 3 aliphatic heterocycles. The van der Waals surface area contributed by atoms with Crippen LogP contribution in [0.25, 0.3) is 0 Å². The predicted molar refractivity (Wildman–Crippen MR) is 124 cm³/mol. The Balaban J connectivity index is 1.34. The minimum absolute atomic E-state index is 0.0184. The van der Waals surface area contributed by atoms with Gasteiger partial charge in [0.05, 0.1) is 5.92 Å². The number of halogens is 7. The highest BCUT2D eigenvalue weighted by molar-refractivity contribution is 5.70. The number of nitrogens with zero attached hydrogens (tertiary/aromatic N) is 3.